The first-order chi connectivity index (χ1) is 8.13. The number of hydrazone groups is 1. The number of nitrogens with two attached hydrogens (primary N) is 1. The summed E-state index contributed by atoms with van der Waals surface area (Å²) in [4.78, 5) is 1.97. The average molecular weight is 252 g/mol. The Bertz CT molecular complexity index is 391. The van der Waals surface area contributed by atoms with Crippen LogP contribution >= 0.6 is 12.2 Å². The maximum Gasteiger partial charge on any atom is 0.184 e. The van der Waals surface area contributed by atoms with Crippen LogP contribution < -0.4 is 16.1 Å². The van der Waals surface area contributed by atoms with E-state index in [0.29, 0.717) is 6.54 Å². The minimum Gasteiger partial charge on any atom is -0.395 e. The molecule has 0 aliphatic heterocycles. The zero-order valence-corrected chi connectivity index (χ0v) is 10.4. The second kappa shape index (κ2) is 6.82. The van der Waals surface area contributed by atoms with Crippen LogP contribution in [-0.2, 0) is 0 Å². The van der Waals surface area contributed by atoms with E-state index in [1.165, 1.54) is 0 Å². The molecule has 92 valence electrons. The van der Waals surface area contributed by atoms with Gasteiger partial charge < -0.3 is 15.7 Å². The van der Waals surface area contributed by atoms with E-state index < -0.39 is 0 Å². The molecule has 0 atom stereocenters. The highest BCUT2D eigenvalue weighted by Gasteiger charge is 1.98. The number of benzene rings is 1. The molecular formula is C11H16N4OS. The fourth-order valence-corrected chi connectivity index (χ4v) is 1.32. The first-order valence-corrected chi connectivity index (χ1v) is 5.55. The molecule has 0 saturated heterocycles. The van der Waals surface area contributed by atoms with E-state index in [2.05, 4.69) is 22.7 Å². The largest absolute Gasteiger partial charge is 0.395 e. The van der Waals surface area contributed by atoms with Crippen molar-refractivity contribution in [3.05, 3.63) is 29.8 Å². The van der Waals surface area contributed by atoms with Gasteiger partial charge in [0.15, 0.2) is 5.11 Å². The number of rotatable bonds is 5. The fourth-order valence-electron chi connectivity index (χ4n) is 1.26. The molecule has 0 aliphatic carbocycles. The van der Waals surface area contributed by atoms with Gasteiger partial charge in [-0.05, 0) is 29.9 Å². The highest BCUT2D eigenvalue weighted by atomic mass is 32.1. The molecule has 1 rings (SSSR count). The second-order valence-corrected chi connectivity index (χ2v) is 3.91. The van der Waals surface area contributed by atoms with Crippen molar-refractivity contribution in [2.45, 2.75) is 0 Å². The average Bonchev–Trinajstić information content (AvgIpc) is 2.30. The van der Waals surface area contributed by atoms with Gasteiger partial charge in [-0.1, -0.05) is 12.1 Å². The Labute approximate surface area is 106 Å². The van der Waals surface area contributed by atoms with Crippen LogP contribution in [0.4, 0.5) is 5.69 Å². The monoisotopic (exact) mass is 252 g/mol. The number of hydrogen-bond donors (Lipinski definition) is 3. The lowest BCUT2D eigenvalue weighted by Gasteiger charge is -2.17. The topological polar surface area (TPSA) is 73.9 Å². The summed E-state index contributed by atoms with van der Waals surface area (Å²) in [5.41, 5.74) is 9.70. The Morgan fingerprint density at radius 3 is 2.71 bits per heavy atom. The van der Waals surface area contributed by atoms with Crippen LogP contribution in [0.1, 0.15) is 5.56 Å². The van der Waals surface area contributed by atoms with Crippen molar-refractivity contribution in [2.75, 3.05) is 25.1 Å². The zero-order valence-electron chi connectivity index (χ0n) is 9.63. The van der Waals surface area contributed by atoms with Gasteiger partial charge >= 0.3 is 0 Å². The molecule has 6 heteroatoms. The van der Waals surface area contributed by atoms with Crippen molar-refractivity contribution in [3.8, 4) is 0 Å². The van der Waals surface area contributed by atoms with Crippen molar-refractivity contribution in [2.24, 2.45) is 10.8 Å². The summed E-state index contributed by atoms with van der Waals surface area (Å²) in [6.07, 6.45) is 1.63. The third kappa shape index (κ3) is 4.80. The molecule has 0 saturated carbocycles. The van der Waals surface area contributed by atoms with Crippen molar-refractivity contribution in [1.29, 1.82) is 0 Å². The summed E-state index contributed by atoms with van der Waals surface area (Å²) in [5, 5.41) is 12.8. The van der Waals surface area contributed by atoms with Crippen molar-refractivity contribution < 1.29 is 5.11 Å². The second-order valence-electron chi connectivity index (χ2n) is 3.47. The van der Waals surface area contributed by atoms with E-state index >= 15 is 0 Å². The molecule has 5 nitrogen and oxygen atoms in total. The van der Waals surface area contributed by atoms with Gasteiger partial charge in [0.2, 0.25) is 0 Å². The van der Waals surface area contributed by atoms with Crippen molar-refractivity contribution in [1.82, 2.24) is 5.43 Å². The number of hydrogen-bond acceptors (Lipinski definition) is 4. The number of thiocarbonyl (C=S) groups is 1. The third-order valence-corrected chi connectivity index (χ3v) is 2.25. The van der Waals surface area contributed by atoms with E-state index in [-0.39, 0.29) is 11.7 Å². The Kier molecular flexibility index (Phi) is 5.38. The van der Waals surface area contributed by atoms with Crippen LogP contribution in [-0.4, -0.2) is 36.6 Å². The first-order valence-electron chi connectivity index (χ1n) is 5.14. The minimum atomic E-state index is 0.136. The molecule has 0 aromatic heterocycles. The van der Waals surface area contributed by atoms with E-state index in [9.17, 15) is 0 Å². The van der Waals surface area contributed by atoms with Gasteiger partial charge in [0.05, 0.1) is 12.8 Å². The number of aliphatic hydroxyl groups excluding tert-OH is 1. The van der Waals surface area contributed by atoms with Gasteiger partial charge in [-0.2, -0.15) is 5.10 Å². The maximum absolute atomic E-state index is 8.83. The molecule has 17 heavy (non-hydrogen) atoms. The van der Waals surface area contributed by atoms with Crippen molar-refractivity contribution in [3.63, 3.8) is 0 Å². The Hall–Kier alpha value is -1.66. The molecule has 0 bridgehead atoms. The number of anilines is 1. The standard InChI is InChI=1S/C11H16N4OS/c1-15(6-7-16)10-4-2-9(3-5-10)8-13-14-11(12)17/h2-5,8,16H,6-7H2,1H3,(H3,12,14,17)/b13-8+. The Morgan fingerprint density at radius 1 is 1.53 bits per heavy atom. The summed E-state index contributed by atoms with van der Waals surface area (Å²) >= 11 is 4.62. The summed E-state index contributed by atoms with van der Waals surface area (Å²) in [5.74, 6) is 0. The van der Waals surface area contributed by atoms with Gasteiger partial charge in [-0.3, -0.25) is 5.43 Å². The van der Waals surface area contributed by atoms with Gasteiger partial charge in [-0.25, -0.2) is 0 Å². The van der Waals surface area contributed by atoms with Gasteiger partial charge in [0.25, 0.3) is 0 Å². The molecule has 1 aromatic carbocycles. The highest BCUT2D eigenvalue weighted by molar-refractivity contribution is 7.80. The summed E-state index contributed by atoms with van der Waals surface area (Å²) in [6, 6.07) is 7.76. The predicted molar refractivity (Wildman–Crippen MR) is 74.3 cm³/mol. The van der Waals surface area contributed by atoms with Gasteiger partial charge in [-0.15, -0.1) is 0 Å². The van der Waals surface area contributed by atoms with Crippen LogP contribution in [0, 0.1) is 0 Å². The van der Waals surface area contributed by atoms with E-state index in [1.807, 2.05) is 36.2 Å². The smallest absolute Gasteiger partial charge is 0.184 e. The van der Waals surface area contributed by atoms with Crippen LogP contribution in [0.15, 0.2) is 29.4 Å². The van der Waals surface area contributed by atoms with E-state index in [1.54, 1.807) is 6.21 Å². The van der Waals surface area contributed by atoms with Crippen molar-refractivity contribution >= 4 is 29.2 Å². The fraction of sp³-hybridized carbons (Fsp3) is 0.273. The predicted octanol–water partition coefficient (Wildman–Crippen LogP) is 0.282. The molecule has 4 N–H and O–H groups in total. The van der Waals surface area contributed by atoms with Crippen LogP contribution in [0.3, 0.4) is 0 Å². The van der Waals surface area contributed by atoms with Crippen LogP contribution in [0.5, 0.6) is 0 Å². The number of nitrogens with zero attached hydrogens (tertiary/aromatic N) is 2. The lowest BCUT2D eigenvalue weighted by atomic mass is 10.2. The summed E-state index contributed by atoms with van der Waals surface area (Å²) in [7, 11) is 1.92. The molecule has 0 radical (unpaired) electrons. The number of aliphatic hydroxyl groups is 1. The number of likely N-dealkylation sites (N-methyl/N-ethyl adjacent to an activating group) is 1. The molecule has 0 aliphatic rings. The lowest BCUT2D eigenvalue weighted by molar-refractivity contribution is 0.304. The quantitative estimate of drug-likeness (QED) is 0.399. The molecule has 0 heterocycles. The SMILES string of the molecule is CN(CCO)c1ccc(/C=N/NC(N)=S)cc1. The summed E-state index contributed by atoms with van der Waals surface area (Å²) < 4.78 is 0. The Balaban J connectivity index is 2.61. The molecular weight excluding hydrogens is 236 g/mol. The van der Waals surface area contributed by atoms with Gasteiger partial charge in [0.1, 0.15) is 0 Å². The summed E-state index contributed by atoms with van der Waals surface area (Å²) in [6.45, 7) is 0.744. The van der Waals surface area contributed by atoms with Gasteiger partial charge in [0, 0.05) is 19.3 Å². The molecule has 1 aromatic rings. The van der Waals surface area contributed by atoms with Crippen LogP contribution in [0.2, 0.25) is 0 Å². The highest BCUT2D eigenvalue weighted by Crippen LogP contribution is 2.12. The van der Waals surface area contributed by atoms with E-state index in [0.717, 1.165) is 11.3 Å². The first kappa shape index (κ1) is 13.4. The molecule has 0 amide bonds. The lowest BCUT2D eigenvalue weighted by Crippen LogP contribution is -2.24. The normalized spacial score (nSPS) is 10.5. The molecule has 0 spiro atoms. The number of nitrogens with one attached hydrogen (secondary N) is 1. The Morgan fingerprint density at radius 2 is 2.18 bits per heavy atom. The molecule has 0 fully saturated rings. The third-order valence-electron chi connectivity index (χ3n) is 2.16. The van der Waals surface area contributed by atoms with E-state index in [4.69, 9.17) is 10.8 Å². The minimum absolute atomic E-state index is 0.136. The van der Waals surface area contributed by atoms with Crippen LogP contribution in [0.25, 0.3) is 0 Å². The molecule has 0 unspecified atom stereocenters. The zero-order chi connectivity index (χ0) is 12.7. The maximum atomic E-state index is 8.83.